The first-order valence-electron chi connectivity index (χ1n) is 8.69. The number of ether oxygens (including phenoxy) is 1. The van der Waals surface area contributed by atoms with Crippen molar-refractivity contribution in [2.24, 2.45) is 10.2 Å². The van der Waals surface area contributed by atoms with Crippen LogP contribution in [0, 0.1) is 10.1 Å². The molecule has 0 saturated heterocycles. The number of anilines is 1. The normalized spacial score (nSPS) is 12.8. The molecule has 0 saturated carbocycles. The fourth-order valence-electron chi connectivity index (χ4n) is 2.42. The molecule has 0 aliphatic rings. The molecule has 17 heteroatoms. The molecule has 0 spiro atoms. The van der Waals surface area contributed by atoms with Crippen molar-refractivity contribution in [3.05, 3.63) is 58.0 Å². The van der Waals surface area contributed by atoms with Crippen molar-refractivity contribution in [2.75, 3.05) is 12.4 Å². The first kappa shape index (κ1) is 26.3. The van der Waals surface area contributed by atoms with Crippen LogP contribution in [0.25, 0.3) is 0 Å². The quantitative estimate of drug-likeness (QED) is 0.0993. The van der Waals surface area contributed by atoms with E-state index >= 15 is 0 Å². The van der Waals surface area contributed by atoms with Crippen molar-refractivity contribution < 1.29 is 45.5 Å². The zero-order valence-corrected chi connectivity index (χ0v) is 18.9. The summed E-state index contributed by atoms with van der Waals surface area (Å²) in [6, 6.07) is 5.22. The van der Waals surface area contributed by atoms with E-state index in [0.717, 1.165) is 37.3 Å². The minimum absolute atomic E-state index is 0.0309. The molecule has 0 radical (unpaired) electrons. The number of nitrogens with one attached hydrogen (secondary N) is 1. The number of carbonyl (C=O) groups excluding carboxylic acids is 1. The zero-order valence-electron chi connectivity index (χ0n) is 17.2. The van der Waals surface area contributed by atoms with Gasteiger partial charge in [0.05, 0.1) is 22.6 Å². The first-order chi connectivity index (χ1) is 15.6. The molecule has 0 unspecified atom stereocenters. The zero-order chi connectivity index (χ0) is 25.8. The number of amides is 1. The number of hydrogen-bond donors (Lipinski definition) is 4. The number of non-ortho nitro benzene ring substituents is 1. The summed E-state index contributed by atoms with van der Waals surface area (Å²) in [5.74, 6) is -1.90. The third-order valence-electron chi connectivity index (χ3n) is 3.96. The van der Waals surface area contributed by atoms with E-state index in [0.29, 0.717) is 6.07 Å². The van der Waals surface area contributed by atoms with Gasteiger partial charge in [0.25, 0.3) is 31.8 Å². The average molecular weight is 516 g/mol. The van der Waals surface area contributed by atoms with Crippen molar-refractivity contribution >= 4 is 43.2 Å². The molecule has 0 aliphatic heterocycles. The molecule has 0 aliphatic carbocycles. The summed E-state index contributed by atoms with van der Waals surface area (Å²) in [6.45, 7) is 1.03. The number of benzene rings is 2. The van der Waals surface area contributed by atoms with Crippen molar-refractivity contribution in [2.45, 2.75) is 16.7 Å². The molecule has 0 heterocycles. The molecule has 182 valence electrons. The van der Waals surface area contributed by atoms with E-state index in [-0.39, 0.29) is 11.4 Å². The molecule has 0 aromatic heterocycles. The minimum atomic E-state index is -4.99. The molecule has 1 amide bonds. The van der Waals surface area contributed by atoms with Crippen molar-refractivity contribution in [1.82, 2.24) is 0 Å². The number of nitrogens with zero attached hydrogens (tertiary/aromatic N) is 3. The van der Waals surface area contributed by atoms with Gasteiger partial charge in [0.1, 0.15) is 22.1 Å². The summed E-state index contributed by atoms with van der Waals surface area (Å²) < 4.78 is 69.4. The highest BCUT2D eigenvalue weighted by Crippen LogP contribution is 2.31. The summed E-state index contributed by atoms with van der Waals surface area (Å²) in [4.78, 5) is 21.0. The second-order valence-corrected chi connectivity index (χ2v) is 9.12. The smallest absolute Gasteiger partial charge is 0.297 e. The lowest BCUT2D eigenvalue weighted by Gasteiger charge is -2.11. The average Bonchev–Trinajstić information content (AvgIpc) is 2.72. The molecule has 0 atom stereocenters. The standard InChI is InChI=1S/C17H16N4O11S2/c1-9(22)16(17(23)18-13-8-11(33(26,27)28)4-6-14(13)32-2)20-19-12-5-3-10(21(24)25)7-15(12)34(29,30)31/h3-8,22H,1-2H3,(H,18,23)(H,26,27,28)(H,29,30,31). The Labute approximate surface area is 192 Å². The van der Waals surface area contributed by atoms with E-state index in [1.807, 2.05) is 0 Å². The van der Waals surface area contributed by atoms with Crippen molar-refractivity contribution in [3.63, 3.8) is 0 Å². The number of allylic oxidation sites excluding steroid dienone is 1. The summed E-state index contributed by atoms with van der Waals surface area (Å²) in [5, 5.41) is 29.8. The van der Waals surface area contributed by atoms with E-state index in [9.17, 15) is 46.0 Å². The maximum Gasteiger partial charge on any atom is 0.297 e. The van der Waals surface area contributed by atoms with E-state index < -0.39 is 63.7 Å². The van der Waals surface area contributed by atoms with Gasteiger partial charge in [-0.25, -0.2) is 0 Å². The number of rotatable bonds is 8. The number of hydrogen-bond acceptors (Lipinski definition) is 11. The van der Waals surface area contributed by atoms with Crippen LogP contribution in [-0.2, 0) is 25.0 Å². The number of azo groups is 1. The first-order valence-corrected chi connectivity index (χ1v) is 11.6. The Morgan fingerprint density at radius 2 is 1.74 bits per heavy atom. The number of aliphatic hydroxyl groups is 1. The number of nitro groups is 1. The Morgan fingerprint density at radius 3 is 2.24 bits per heavy atom. The van der Waals surface area contributed by atoms with E-state index in [4.69, 9.17) is 4.74 Å². The Bertz CT molecular complexity index is 1430. The SMILES string of the molecule is COc1ccc(S(=O)(=O)O)cc1NC(=O)C(N=Nc1ccc([N+](=O)[O-])cc1S(=O)(=O)O)=C(C)O. The van der Waals surface area contributed by atoms with Gasteiger partial charge in [0.2, 0.25) is 0 Å². The third kappa shape index (κ3) is 6.32. The molecule has 2 aromatic rings. The van der Waals surface area contributed by atoms with Crippen molar-refractivity contribution in [3.8, 4) is 5.75 Å². The molecular formula is C17H16N4O11S2. The topological polar surface area (TPSA) is 235 Å². The lowest BCUT2D eigenvalue weighted by atomic mass is 10.2. The maximum atomic E-state index is 12.6. The van der Waals surface area contributed by atoms with Crippen LogP contribution in [0.2, 0.25) is 0 Å². The summed E-state index contributed by atoms with van der Waals surface area (Å²) in [7, 11) is -8.42. The monoisotopic (exact) mass is 516 g/mol. The predicted molar refractivity (Wildman–Crippen MR) is 114 cm³/mol. The van der Waals surface area contributed by atoms with Crippen LogP contribution in [0.1, 0.15) is 6.92 Å². The molecule has 2 aromatic carbocycles. The number of carbonyl (C=O) groups is 1. The summed E-state index contributed by atoms with van der Waals surface area (Å²) in [6.07, 6.45) is 0. The van der Waals surface area contributed by atoms with E-state index in [1.54, 1.807) is 0 Å². The van der Waals surface area contributed by atoms with Crippen LogP contribution < -0.4 is 10.1 Å². The molecule has 4 N–H and O–H groups in total. The lowest BCUT2D eigenvalue weighted by molar-refractivity contribution is -0.385. The number of methoxy groups -OCH3 is 1. The molecule has 0 bridgehead atoms. The van der Waals surface area contributed by atoms with Gasteiger partial charge in [-0.1, -0.05) is 0 Å². The van der Waals surface area contributed by atoms with E-state index in [2.05, 4.69) is 15.5 Å². The number of aliphatic hydroxyl groups excluding tert-OH is 1. The Balaban J connectivity index is 2.48. The van der Waals surface area contributed by atoms with Gasteiger partial charge in [0.15, 0.2) is 5.70 Å². The van der Waals surface area contributed by atoms with Gasteiger partial charge in [-0.3, -0.25) is 24.0 Å². The summed E-state index contributed by atoms with van der Waals surface area (Å²) in [5.41, 5.74) is -2.29. The minimum Gasteiger partial charge on any atom is -0.510 e. The van der Waals surface area contributed by atoms with Gasteiger partial charge < -0.3 is 15.2 Å². The third-order valence-corrected chi connectivity index (χ3v) is 5.70. The van der Waals surface area contributed by atoms with Gasteiger partial charge in [-0.2, -0.15) is 16.8 Å². The van der Waals surface area contributed by atoms with Crippen LogP contribution in [0.3, 0.4) is 0 Å². The van der Waals surface area contributed by atoms with Crippen LogP contribution in [0.15, 0.2) is 67.9 Å². The van der Waals surface area contributed by atoms with E-state index in [1.165, 1.54) is 7.11 Å². The van der Waals surface area contributed by atoms with Gasteiger partial charge >= 0.3 is 0 Å². The van der Waals surface area contributed by atoms with Crippen LogP contribution >= 0.6 is 0 Å². The van der Waals surface area contributed by atoms with Gasteiger partial charge in [-0.15, -0.1) is 10.2 Å². The van der Waals surface area contributed by atoms with Crippen molar-refractivity contribution in [1.29, 1.82) is 0 Å². The highest BCUT2D eigenvalue weighted by Gasteiger charge is 2.22. The number of nitro benzene ring substituents is 1. The second kappa shape index (κ2) is 9.91. The lowest BCUT2D eigenvalue weighted by Crippen LogP contribution is -2.16. The molecule has 34 heavy (non-hydrogen) atoms. The largest absolute Gasteiger partial charge is 0.510 e. The maximum absolute atomic E-state index is 12.6. The second-order valence-electron chi connectivity index (χ2n) is 6.31. The van der Waals surface area contributed by atoms with Crippen LogP contribution in [0.5, 0.6) is 5.75 Å². The molecule has 0 fully saturated rings. The van der Waals surface area contributed by atoms with Gasteiger partial charge in [0, 0.05) is 12.1 Å². The highest BCUT2D eigenvalue weighted by molar-refractivity contribution is 7.86. The molecule has 15 nitrogen and oxygen atoms in total. The van der Waals surface area contributed by atoms with Gasteiger partial charge in [-0.05, 0) is 31.2 Å². The Morgan fingerprint density at radius 1 is 1.09 bits per heavy atom. The fourth-order valence-corrected chi connectivity index (χ4v) is 3.57. The molecule has 2 rings (SSSR count). The highest BCUT2D eigenvalue weighted by atomic mass is 32.2. The Hall–Kier alpha value is -3.93. The Kier molecular flexibility index (Phi) is 7.67. The fraction of sp³-hybridized carbons (Fsp3) is 0.118. The summed E-state index contributed by atoms with van der Waals surface area (Å²) >= 11 is 0. The van der Waals surface area contributed by atoms with Crippen LogP contribution in [0.4, 0.5) is 17.1 Å². The predicted octanol–water partition coefficient (Wildman–Crippen LogP) is 2.61. The molecular weight excluding hydrogens is 500 g/mol. The van der Waals surface area contributed by atoms with Crippen LogP contribution in [-0.4, -0.2) is 49.0 Å².